The van der Waals surface area contributed by atoms with Gasteiger partial charge in [0, 0.05) is 6.04 Å². The molecule has 1 fully saturated rings. The Balaban J connectivity index is 2.12. The van der Waals surface area contributed by atoms with Crippen LogP contribution in [-0.2, 0) is 6.18 Å². The van der Waals surface area contributed by atoms with E-state index in [-0.39, 0.29) is 16.9 Å². The third-order valence-electron chi connectivity index (χ3n) is 3.81. The van der Waals surface area contributed by atoms with Gasteiger partial charge in [0.05, 0.1) is 22.8 Å². The number of aromatic nitrogens is 2. The van der Waals surface area contributed by atoms with E-state index in [2.05, 4.69) is 10.3 Å². The third kappa shape index (κ3) is 2.65. The van der Waals surface area contributed by atoms with Gasteiger partial charge in [0.2, 0.25) is 0 Å². The van der Waals surface area contributed by atoms with Crippen LogP contribution in [0.25, 0.3) is 10.9 Å². The molecule has 112 valence electrons. The van der Waals surface area contributed by atoms with Crippen molar-refractivity contribution in [2.24, 2.45) is 0 Å². The van der Waals surface area contributed by atoms with Gasteiger partial charge in [-0.3, -0.25) is 9.36 Å². The van der Waals surface area contributed by atoms with Crippen molar-refractivity contribution in [3.05, 3.63) is 40.4 Å². The normalized spacial score (nSPS) is 17.3. The van der Waals surface area contributed by atoms with Crippen LogP contribution in [0, 0.1) is 0 Å². The van der Waals surface area contributed by atoms with Crippen molar-refractivity contribution in [2.75, 3.05) is 13.1 Å². The zero-order chi connectivity index (χ0) is 15.0. The molecule has 0 amide bonds. The van der Waals surface area contributed by atoms with Gasteiger partial charge in [-0.15, -0.1) is 0 Å². The standard InChI is InChI=1S/C14H14F3N3O/c15-14(16,17)9-1-2-12-11(7-9)13(21)20(8-19-12)10-3-5-18-6-4-10/h1-2,7-8,10,18H,3-6H2. The van der Waals surface area contributed by atoms with Gasteiger partial charge < -0.3 is 5.32 Å². The van der Waals surface area contributed by atoms with Crippen molar-refractivity contribution in [3.8, 4) is 0 Å². The summed E-state index contributed by atoms with van der Waals surface area (Å²) in [5.41, 5.74) is -0.937. The molecule has 0 saturated carbocycles. The molecule has 0 bridgehead atoms. The summed E-state index contributed by atoms with van der Waals surface area (Å²) < 4.78 is 39.8. The highest BCUT2D eigenvalue weighted by molar-refractivity contribution is 5.78. The van der Waals surface area contributed by atoms with Gasteiger partial charge in [0.15, 0.2) is 0 Å². The molecule has 1 N–H and O–H groups in total. The second kappa shape index (κ2) is 5.14. The van der Waals surface area contributed by atoms with Crippen LogP contribution in [0.15, 0.2) is 29.3 Å². The van der Waals surface area contributed by atoms with Crippen LogP contribution < -0.4 is 10.9 Å². The van der Waals surface area contributed by atoms with E-state index in [1.807, 2.05) is 0 Å². The van der Waals surface area contributed by atoms with Crippen molar-refractivity contribution in [1.82, 2.24) is 14.9 Å². The molecule has 1 saturated heterocycles. The Hall–Kier alpha value is -1.89. The fraction of sp³-hybridized carbons (Fsp3) is 0.429. The second-order valence-corrected chi connectivity index (χ2v) is 5.17. The van der Waals surface area contributed by atoms with Crippen molar-refractivity contribution in [2.45, 2.75) is 25.1 Å². The van der Waals surface area contributed by atoms with E-state index >= 15 is 0 Å². The van der Waals surface area contributed by atoms with Gasteiger partial charge in [-0.05, 0) is 44.1 Å². The number of piperidine rings is 1. The Morgan fingerprint density at radius 3 is 2.62 bits per heavy atom. The van der Waals surface area contributed by atoms with Gasteiger partial charge in [-0.2, -0.15) is 13.2 Å². The van der Waals surface area contributed by atoms with Crippen LogP contribution in [0.3, 0.4) is 0 Å². The largest absolute Gasteiger partial charge is 0.416 e. The maximum atomic E-state index is 12.8. The lowest BCUT2D eigenvalue weighted by Crippen LogP contribution is -2.34. The molecule has 2 heterocycles. The quantitative estimate of drug-likeness (QED) is 0.879. The van der Waals surface area contributed by atoms with Crippen molar-refractivity contribution < 1.29 is 13.2 Å². The van der Waals surface area contributed by atoms with E-state index < -0.39 is 17.3 Å². The predicted molar refractivity (Wildman–Crippen MR) is 72.1 cm³/mol. The minimum atomic E-state index is -4.46. The summed E-state index contributed by atoms with van der Waals surface area (Å²) in [6.07, 6.45) is -1.48. The number of nitrogens with one attached hydrogen (secondary N) is 1. The predicted octanol–water partition coefficient (Wildman–Crippen LogP) is 2.34. The Morgan fingerprint density at radius 2 is 1.95 bits per heavy atom. The number of alkyl halides is 3. The van der Waals surface area contributed by atoms with Crippen molar-refractivity contribution >= 4 is 10.9 Å². The average molecular weight is 297 g/mol. The zero-order valence-corrected chi connectivity index (χ0v) is 11.2. The molecule has 0 spiro atoms. The second-order valence-electron chi connectivity index (χ2n) is 5.17. The first-order valence-electron chi connectivity index (χ1n) is 6.75. The minimum absolute atomic E-state index is 0.00908. The Kier molecular flexibility index (Phi) is 3.44. The average Bonchev–Trinajstić information content (AvgIpc) is 2.47. The van der Waals surface area contributed by atoms with E-state index in [0.29, 0.717) is 0 Å². The van der Waals surface area contributed by atoms with E-state index in [0.717, 1.165) is 38.1 Å². The summed E-state index contributed by atoms with van der Waals surface area (Å²) in [5.74, 6) is 0. The van der Waals surface area contributed by atoms with Gasteiger partial charge >= 0.3 is 6.18 Å². The van der Waals surface area contributed by atoms with Gasteiger partial charge in [-0.1, -0.05) is 0 Å². The SMILES string of the molecule is O=c1c2cc(C(F)(F)F)ccc2ncn1C1CCNCC1. The van der Waals surface area contributed by atoms with E-state index in [9.17, 15) is 18.0 Å². The summed E-state index contributed by atoms with van der Waals surface area (Å²) in [6.45, 7) is 1.58. The summed E-state index contributed by atoms with van der Waals surface area (Å²) in [6, 6.07) is 3.07. The highest BCUT2D eigenvalue weighted by Crippen LogP contribution is 2.30. The summed E-state index contributed by atoms with van der Waals surface area (Å²) >= 11 is 0. The molecule has 2 aromatic rings. The monoisotopic (exact) mass is 297 g/mol. The first-order valence-corrected chi connectivity index (χ1v) is 6.75. The Morgan fingerprint density at radius 1 is 1.24 bits per heavy atom. The molecule has 7 heteroatoms. The molecule has 1 aromatic carbocycles. The summed E-state index contributed by atoms with van der Waals surface area (Å²) in [5, 5.41) is 3.20. The zero-order valence-electron chi connectivity index (χ0n) is 11.2. The van der Waals surface area contributed by atoms with Crippen LogP contribution in [0.5, 0.6) is 0 Å². The number of hydrogen-bond acceptors (Lipinski definition) is 3. The Labute approximate surface area is 118 Å². The maximum absolute atomic E-state index is 12.8. The van der Waals surface area contributed by atoms with Gasteiger partial charge in [-0.25, -0.2) is 4.98 Å². The summed E-state index contributed by atoms with van der Waals surface area (Å²) in [4.78, 5) is 16.6. The number of fused-ring (bicyclic) bond motifs is 1. The van der Waals surface area contributed by atoms with Crippen molar-refractivity contribution in [3.63, 3.8) is 0 Å². The van der Waals surface area contributed by atoms with E-state index in [1.54, 1.807) is 0 Å². The number of rotatable bonds is 1. The number of nitrogens with zero attached hydrogens (tertiary/aromatic N) is 2. The van der Waals surface area contributed by atoms with Gasteiger partial charge in [0.25, 0.3) is 5.56 Å². The molecular weight excluding hydrogens is 283 g/mol. The summed E-state index contributed by atoms with van der Waals surface area (Å²) in [7, 11) is 0. The van der Waals surface area contributed by atoms with E-state index in [4.69, 9.17) is 0 Å². The lowest BCUT2D eigenvalue weighted by molar-refractivity contribution is -0.137. The lowest BCUT2D eigenvalue weighted by atomic mass is 10.1. The van der Waals surface area contributed by atoms with Crippen LogP contribution in [-0.4, -0.2) is 22.6 Å². The van der Waals surface area contributed by atoms with Crippen molar-refractivity contribution in [1.29, 1.82) is 0 Å². The third-order valence-corrected chi connectivity index (χ3v) is 3.81. The van der Waals surface area contributed by atoms with E-state index in [1.165, 1.54) is 17.0 Å². The number of hydrogen-bond donors (Lipinski definition) is 1. The fourth-order valence-corrected chi connectivity index (χ4v) is 2.66. The highest BCUT2D eigenvalue weighted by atomic mass is 19.4. The topological polar surface area (TPSA) is 46.9 Å². The number of benzene rings is 1. The molecule has 0 atom stereocenters. The Bertz CT molecular complexity index is 717. The lowest BCUT2D eigenvalue weighted by Gasteiger charge is -2.24. The molecule has 1 aromatic heterocycles. The first kappa shape index (κ1) is 14.1. The van der Waals surface area contributed by atoms with Crippen LogP contribution >= 0.6 is 0 Å². The minimum Gasteiger partial charge on any atom is -0.317 e. The van der Waals surface area contributed by atoms with Crippen LogP contribution in [0.4, 0.5) is 13.2 Å². The molecule has 1 aliphatic heterocycles. The molecule has 1 aliphatic rings. The smallest absolute Gasteiger partial charge is 0.317 e. The molecular formula is C14H14F3N3O. The molecule has 4 nitrogen and oxygen atoms in total. The van der Waals surface area contributed by atoms with Crippen LogP contribution in [0.1, 0.15) is 24.4 Å². The molecule has 3 rings (SSSR count). The highest BCUT2D eigenvalue weighted by Gasteiger charge is 2.31. The van der Waals surface area contributed by atoms with Gasteiger partial charge in [0.1, 0.15) is 0 Å². The van der Waals surface area contributed by atoms with Crippen LogP contribution in [0.2, 0.25) is 0 Å². The maximum Gasteiger partial charge on any atom is 0.416 e. The first-order chi connectivity index (χ1) is 9.97. The number of halogens is 3. The molecule has 0 aliphatic carbocycles. The molecule has 21 heavy (non-hydrogen) atoms. The molecule has 0 radical (unpaired) electrons. The fourth-order valence-electron chi connectivity index (χ4n) is 2.66. The molecule has 0 unspecified atom stereocenters.